The number of nitrogens with zero attached hydrogens (tertiary/aromatic N) is 2. The molecule has 1 aliphatic rings. The maximum absolute atomic E-state index is 9.28. The summed E-state index contributed by atoms with van der Waals surface area (Å²) >= 11 is 0. The largest absolute Gasteiger partial charge is 0.391 e. The van der Waals surface area contributed by atoms with Crippen LogP contribution in [0.15, 0.2) is 6.20 Å². The lowest BCUT2D eigenvalue weighted by Gasteiger charge is -2.15. The van der Waals surface area contributed by atoms with E-state index in [-0.39, 0.29) is 6.10 Å². The van der Waals surface area contributed by atoms with E-state index in [0.29, 0.717) is 12.4 Å². The Morgan fingerprint density at radius 3 is 3.08 bits per heavy atom. The van der Waals surface area contributed by atoms with Crippen LogP contribution in [0.25, 0.3) is 0 Å². The number of aliphatic hydroxyl groups is 1. The summed E-state index contributed by atoms with van der Waals surface area (Å²) in [6, 6.07) is 0. The Kier molecular flexibility index (Phi) is 1.65. The fourth-order valence-corrected chi connectivity index (χ4v) is 1.50. The van der Waals surface area contributed by atoms with E-state index in [0.717, 1.165) is 18.7 Å². The van der Waals surface area contributed by atoms with Crippen LogP contribution >= 0.6 is 0 Å². The lowest BCUT2D eigenvalue weighted by molar-refractivity contribution is 0.198. The fourth-order valence-electron chi connectivity index (χ4n) is 1.50. The first kappa shape index (κ1) is 7.42. The van der Waals surface area contributed by atoms with Crippen molar-refractivity contribution in [3.63, 3.8) is 0 Å². The van der Waals surface area contributed by atoms with Gasteiger partial charge >= 0.3 is 0 Å². The van der Waals surface area contributed by atoms with Gasteiger partial charge in [-0.25, -0.2) is 0 Å². The molecule has 1 saturated heterocycles. The molecule has 1 aromatic heterocycles. The minimum atomic E-state index is -0.223. The summed E-state index contributed by atoms with van der Waals surface area (Å²) in [5, 5.41) is 15.8. The first-order valence-corrected chi connectivity index (χ1v) is 3.99. The summed E-state index contributed by atoms with van der Waals surface area (Å²) in [5.74, 6) is 0.573. The van der Waals surface area contributed by atoms with E-state index in [4.69, 9.17) is 5.73 Å². The minimum absolute atomic E-state index is 0.223. The van der Waals surface area contributed by atoms with Gasteiger partial charge in [0.25, 0.3) is 0 Å². The number of aliphatic hydroxyl groups excluding tert-OH is 1. The number of rotatable bonds is 1. The number of nitrogens with two attached hydrogens (primary N) is 1. The third kappa shape index (κ3) is 1.12. The summed E-state index contributed by atoms with van der Waals surface area (Å²) < 4.78 is 0. The molecule has 5 heteroatoms. The van der Waals surface area contributed by atoms with Crippen LogP contribution in [0.2, 0.25) is 0 Å². The molecule has 66 valence electrons. The van der Waals surface area contributed by atoms with Gasteiger partial charge in [-0.15, -0.1) is 0 Å². The average molecular weight is 168 g/mol. The lowest BCUT2D eigenvalue weighted by atomic mass is 10.3. The molecule has 0 saturated carbocycles. The molecule has 2 heterocycles. The number of aromatic amines is 1. The summed E-state index contributed by atoms with van der Waals surface area (Å²) in [6.45, 7) is 1.51. The Balaban J connectivity index is 2.16. The Morgan fingerprint density at radius 1 is 1.75 bits per heavy atom. The predicted molar refractivity (Wildman–Crippen MR) is 45.8 cm³/mol. The van der Waals surface area contributed by atoms with Crippen molar-refractivity contribution in [1.29, 1.82) is 0 Å². The highest BCUT2D eigenvalue weighted by atomic mass is 16.3. The van der Waals surface area contributed by atoms with E-state index in [1.54, 1.807) is 6.20 Å². The molecular formula is C7H12N4O. The van der Waals surface area contributed by atoms with Crippen molar-refractivity contribution >= 4 is 11.5 Å². The smallest absolute Gasteiger partial charge is 0.142 e. The number of hydrogen-bond acceptors (Lipinski definition) is 4. The van der Waals surface area contributed by atoms with E-state index in [9.17, 15) is 5.11 Å². The maximum atomic E-state index is 9.28. The molecule has 1 unspecified atom stereocenters. The Bertz CT molecular complexity index is 272. The van der Waals surface area contributed by atoms with Crippen LogP contribution in [0.5, 0.6) is 0 Å². The Hall–Kier alpha value is -1.23. The normalized spacial score (nSPS) is 23.4. The standard InChI is InChI=1S/C7H12N4O/c8-7-6(3-9-10-7)11-2-1-5(12)4-11/h3,5,12H,1-2,4H2,(H3,8,9,10). The van der Waals surface area contributed by atoms with Gasteiger partial charge < -0.3 is 15.7 Å². The summed E-state index contributed by atoms with van der Waals surface area (Å²) in [4.78, 5) is 2.03. The molecule has 0 amide bonds. The first-order valence-electron chi connectivity index (χ1n) is 3.99. The number of hydrogen-bond donors (Lipinski definition) is 3. The van der Waals surface area contributed by atoms with Crippen LogP contribution in [0, 0.1) is 0 Å². The molecule has 0 aliphatic carbocycles. The van der Waals surface area contributed by atoms with Gasteiger partial charge in [0.05, 0.1) is 18.0 Å². The number of nitrogens with one attached hydrogen (secondary N) is 1. The lowest BCUT2D eigenvalue weighted by Crippen LogP contribution is -2.21. The molecule has 0 spiro atoms. The van der Waals surface area contributed by atoms with Gasteiger partial charge in [0.2, 0.25) is 0 Å². The van der Waals surface area contributed by atoms with Crippen LogP contribution < -0.4 is 10.6 Å². The van der Waals surface area contributed by atoms with Gasteiger partial charge in [0, 0.05) is 13.1 Å². The highest BCUT2D eigenvalue weighted by Crippen LogP contribution is 2.23. The van der Waals surface area contributed by atoms with Gasteiger partial charge in [0.1, 0.15) is 5.82 Å². The van der Waals surface area contributed by atoms with E-state index >= 15 is 0 Å². The summed E-state index contributed by atoms with van der Waals surface area (Å²) in [7, 11) is 0. The average Bonchev–Trinajstić information content (AvgIpc) is 2.58. The second kappa shape index (κ2) is 2.67. The Morgan fingerprint density at radius 2 is 2.58 bits per heavy atom. The summed E-state index contributed by atoms with van der Waals surface area (Å²) in [5.41, 5.74) is 6.52. The van der Waals surface area contributed by atoms with Crippen molar-refractivity contribution in [2.75, 3.05) is 23.7 Å². The molecule has 2 rings (SSSR count). The van der Waals surface area contributed by atoms with Crippen LogP contribution in [-0.2, 0) is 0 Å². The monoisotopic (exact) mass is 168 g/mol. The van der Waals surface area contributed by atoms with Crippen molar-refractivity contribution < 1.29 is 5.11 Å². The molecule has 1 fully saturated rings. The van der Waals surface area contributed by atoms with E-state index in [1.165, 1.54) is 0 Å². The molecule has 1 atom stereocenters. The van der Waals surface area contributed by atoms with E-state index < -0.39 is 0 Å². The third-order valence-corrected chi connectivity index (χ3v) is 2.15. The zero-order valence-electron chi connectivity index (χ0n) is 6.70. The van der Waals surface area contributed by atoms with E-state index in [2.05, 4.69) is 10.2 Å². The van der Waals surface area contributed by atoms with Gasteiger partial charge in [-0.05, 0) is 6.42 Å². The highest BCUT2D eigenvalue weighted by molar-refractivity contribution is 5.62. The van der Waals surface area contributed by atoms with Crippen LogP contribution in [0.4, 0.5) is 11.5 Å². The van der Waals surface area contributed by atoms with Crippen molar-refractivity contribution in [3.8, 4) is 0 Å². The zero-order chi connectivity index (χ0) is 8.55. The van der Waals surface area contributed by atoms with Crippen LogP contribution in [-0.4, -0.2) is 34.5 Å². The zero-order valence-corrected chi connectivity index (χ0v) is 6.70. The highest BCUT2D eigenvalue weighted by Gasteiger charge is 2.22. The summed E-state index contributed by atoms with van der Waals surface area (Å²) in [6.07, 6.45) is 2.28. The molecule has 4 N–H and O–H groups in total. The van der Waals surface area contributed by atoms with Crippen molar-refractivity contribution in [2.45, 2.75) is 12.5 Å². The topological polar surface area (TPSA) is 78.2 Å². The molecule has 1 aromatic rings. The third-order valence-electron chi connectivity index (χ3n) is 2.15. The molecule has 0 bridgehead atoms. The van der Waals surface area contributed by atoms with Crippen molar-refractivity contribution in [2.24, 2.45) is 0 Å². The van der Waals surface area contributed by atoms with Gasteiger partial charge in [0.15, 0.2) is 0 Å². The number of H-pyrrole nitrogens is 1. The molecule has 1 aliphatic heterocycles. The fraction of sp³-hybridized carbons (Fsp3) is 0.571. The van der Waals surface area contributed by atoms with Gasteiger partial charge in [-0.1, -0.05) is 0 Å². The first-order chi connectivity index (χ1) is 5.77. The van der Waals surface area contributed by atoms with Gasteiger partial charge in [-0.2, -0.15) is 5.10 Å². The molecule has 5 nitrogen and oxygen atoms in total. The minimum Gasteiger partial charge on any atom is -0.391 e. The number of anilines is 2. The second-order valence-electron chi connectivity index (χ2n) is 3.06. The van der Waals surface area contributed by atoms with Crippen molar-refractivity contribution in [3.05, 3.63) is 6.20 Å². The Labute approximate surface area is 70.2 Å². The molecular weight excluding hydrogens is 156 g/mol. The number of aromatic nitrogens is 2. The van der Waals surface area contributed by atoms with Crippen LogP contribution in [0.1, 0.15) is 6.42 Å². The van der Waals surface area contributed by atoms with Crippen LogP contribution in [0.3, 0.4) is 0 Å². The number of nitrogen functional groups attached to an aromatic ring is 1. The molecule has 0 aromatic carbocycles. The predicted octanol–water partition coefficient (Wildman–Crippen LogP) is -0.437. The SMILES string of the molecule is Nc1[nH]ncc1N1CCC(O)C1. The molecule has 0 radical (unpaired) electrons. The number of β-amino-alcohol motifs (C(OH)–C–C–N with tert-alkyl or cyclic N) is 1. The van der Waals surface area contributed by atoms with Crippen molar-refractivity contribution in [1.82, 2.24) is 10.2 Å². The second-order valence-corrected chi connectivity index (χ2v) is 3.06. The van der Waals surface area contributed by atoms with E-state index in [1.807, 2.05) is 4.90 Å². The van der Waals surface area contributed by atoms with Gasteiger partial charge in [-0.3, -0.25) is 5.10 Å². The quantitative estimate of drug-likeness (QED) is 0.531. The maximum Gasteiger partial charge on any atom is 0.142 e. The molecule has 12 heavy (non-hydrogen) atoms.